The Bertz CT molecular complexity index is 569. The molecule has 0 aliphatic carbocycles. The Morgan fingerprint density at radius 1 is 1.10 bits per heavy atom. The smallest absolute Gasteiger partial charge is 0.323 e. The molecule has 1 aliphatic heterocycles. The Kier molecular flexibility index (Phi) is 4.54. The molecule has 0 unspecified atom stereocenters. The minimum Gasteiger partial charge on any atom is -0.480 e. The number of carboxylic acids is 2. The summed E-state index contributed by atoms with van der Waals surface area (Å²) in [5.74, 6) is -3.08. The molecule has 21 heavy (non-hydrogen) atoms. The Morgan fingerprint density at radius 3 is 2.38 bits per heavy atom. The van der Waals surface area contributed by atoms with Crippen LogP contribution < -0.4 is 5.32 Å². The first-order valence-electron chi connectivity index (χ1n) is 6.53. The maximum atomic E-state index is 12.3. The van der Waals surface area contributed by atoms with E-state index in [4.69, 9.17) is 10.2 Å². The Morgan fingerprint density at radius 2 is 1.76 bits per heavy atom. The molecule has 112 valence electrons. The first-order valence-corrected chi connectivity index (χ1v) is 6.53. The van der Waals surface area contributed by atoms with Crippen LogP contribution in [0.3, 0.4) is 0 Å². The van der Waals surface area contributed by atoms with E-state index in [1.54, 1.807) is 12.1 Å². The van der Waals surface area contributed by atoms with E-state index >= 15 is 0 Å². The summed E-state index contributed by atoms with van der Waals surface area (Å²) in [6.45, 7) is 0.250. The first-order chi connectivity index (χ1) is 9.97. The van der Waals surface area contributed by atoms with E-state index in [1.807, 2.05) is 6.07 Å². The third kappa shape index (κ3) is 3.79. The van der Waals surface area contributed by atoms with Crippen molar-refractivity contribution in [3.05, 3.63) is 34.9 Å². The second kappa shape index (κ2) is 6.36. The maximum absolute atomic E-state index is 12.3. The molecule has 0 fully saturated rings. The Hall–Kier alpha value is -2.41. The molecule has 1 aliphatic rings. The van der Waals surface area contributed by atoms with Gasteiger partial charge in [0, 0.05) is 12.1 Å². The molecule has 3 N–H and O–H groups in total. The highest BCUT2D eigenvalue weighted by atomic mass is 16.4. The molecular formula is C14H16N2O5. The highest BCUT2D eigenvalue weighted by Gasteiger charge is 2.22. The summed E-state index contributed by atoms with van der Waals surface area (Å²) in [6, 6.07) is 5.15. The van der Waals surface area contributed by atoms with E-state index in [0.717, 1.165) is 29.0 Å². The van der Waals surface area contributed by atoms with Crippen molar-refractivity contribution >= 4 is 17.8 Å². The number of hydrogen-bond acceptors (Lipinski definition) is 4. The van der Waals surface area contributed by atoms with Gasteiger partial charge in [0.05, 0.1) is 0 Å². The molecule has 1 aromatic carbocycles. The summed E-state index contributed by atoms with van der Waals surface area (Å²) in [4.78, 5) is 34.6. The summed E-state index contributed by atoms with van der Waals surface area (Å²) in [5, 5.41) is 20.8. The predicted molar refractivity (Wildman–Crippen MR) is 73.0 cm³/mol. The molecule has 1 heterocycles. The Labute approximate surface area is 121 Å². The van der Waals surface area contributed by atoms with E-state index in [0.29, 0.717) is 12.1 Å². The van der Waals surface area contributed by atoms with Gasteiger partial charge in [0.1, 0.15) is 13.1 Å². The molecule has 0 saturated carbocycles. The van der Waals surface area contributed by atoms with Gasteiger partial charge in [0.25, 0.3) is 5.91 Å². The molecule has 1 amide bonds. The van der Waals surface area contributed by atoms with Gasteiger partial charge in [-0.25, -0.2) is 0 Å². The molecule has 0 saturated heterocycles. The van der Waals surface area contributed by atoms with Gasteiger partial charge in [0.15, 0.2) is 0 Å². The quantitative estimate of drug-likeness (QED) is 0.702. The van der Waals surface area contributed by atoms with Crippen LogP contribution in [0, 0.1) is 0 Å². The average Bonchev–Trinajstić information content (AvgIpc) is 2.44. The van der Waals surface area contributed by atoms with E-state index < -0.39 is 30.9 Å². The number of carbonyl (C=O) groups is 3. The van der Waals surface area contributed by atoms with Crippen molar-refractivity contribution in [1.82, 2.24) is 10.2 Å². The van der Waals surface area contributed by atoms with Crippen LogP contribution in [-0.2, 0) is 22.6 Å². The number of nitrogens with one attached hydrogen (secondary N) is 1. The van der Waals surface area contributed by atoms with Crippen molar-refractivity contribution in [3.8, 4) is 0 Å². The van der Waals surface area contributed by atoms with Crippen LogP contribution in [0.5, 0.6) is 0 Å². The maximum Gasteiger partial charge on any atom is 0.323 e. The van der Waals surface area contributed by atoms with Gasteiger partial charge in [-0.05, 0) is 36.2 Å². The third-order valence-electron chi connectivity index (χ3n) is 3.28. The zero-order valence-corrected chi connectivity index (χ0v) is 11.3. The number of nitrogens with zero attached hydrogens (tertiary/aromatic N) is 1. The van der Waals surface area contributed by atoms with Crippen LogP contribution in [0.2, 0.25) is 0 Å². The van der Waals surface area contributed by atoms with Crippen molar-refractivity contribution in [2.45, 2.75) is 13.0 Å². The summed E-state index contributed by atoms with van der Waals surface area (Å²) < 4.78 is 0. The van der Waals surface area contributed by atoms with Gasteiger partial charge in [0.2, 0.25) is 0 Å². The van der Waals surface area contributed by atoms with Gasteiger partial charge in [-0.2, -0.15) is 0 Å². The van der Waals surface area contributed by atoms with Crippen LogP contribution in [0.1, 0.15) is 21.5 Å². The van der Waals surface area contributed by atoms with E-state index in [-0.39, 0.29) is 0 Å². The van der Waals surface area contributed by atoms with E-state index in [2.05, 4.69) is 5.32 Å². The molecule has 0 atom stereocenters. The molecule has 0 bridgehead atoms. The minimum atomic E-state index is -1.25. The molecule has 7 heteroatoms. The number of carbonyl (C=O) groups excluding carboxylic acids is 1. The summed E-state index contributed by atoms with van der Waals surface area (Å²) in [6.07, 6.45) is 0.873. The van der Waals surface area contributed by atoms with Gasteiger partial charge in [-0.1, -0.05) is 6.07 Å². The molecule has 2 rings (SSSR count). The average molecular weight is 292 g/mol. The first kappa shape index (κ1) is 15.0. The summed E-state index contributed by atoms with van der Waals surface area (Å²) in [5.41, 5.74) is 2.44. The van der Waals surface area contributed by atoms with Gasteiger partial charge >= 0.3 is 11.9 Å². The van der Waals surface area contributed by atoms with Gasteiger partial charge < -0.3 is 20.4 Å². The number of hydrogen-bond donors (Lipinski definition) is 3. The molecule has 7 nitrogen and oxygen atoms in total. The lowest BCUT2D eigenvalue weighted by Gasteiger charge is -2.21. The lowest BCUT2D eigenvalue weighted by atomic mass is 9.98. The zero-order chi connectivity index (χ0) is 15.4. The van der Waals surface area contributed by atoms with Gasteiger partial charge in [-0.15, -0.1) is 0 Å². The van der Waals surface area contributed by atoms with Crippen molar-refractivity contribution in [3.63, 3.8) is 0 Å². The number of amides is 1. The molecule has 1 aromatic rings. The number of fused-ring (bicyclic) bond motifs is 1. The molecule has 0 radical (unpaired) electrons. The second-order valence-electron chi connectivity index (χ2n) is 4.86. The van der Waals surface area contributed by atoms with Gasteiger partial charge in [-0.3, -0.25) is 14.4 Å². The lowest BCUT2D eigenvalue weighted by molar-refractivity contribution is -0.140. The standard InChI is InChI=1S/C14H16N2O5/c17-12(18)7-16(8-13(19)20)14(21)10-2-1-9-3-4-15-6-11(9)5-10/h1-2,5,15H,3-4,6-8H2,(H,17,18)(H,19,20). The molecule has 0 spiro atoms. The zero-order valence-electron chi connectivity index (χ0n) is 11.3. The van der Waals surface area contributed by atoms with Crippen molar-refractivity contribution in [2.75, 3.05) is 19.6 Å². The number of benzene rings is 1. The fourth-order valence-corrected chi connectivity index (χ4v) is 2.32. The normalized spacial score (nSPS) is 13.3. The molecule has 0 aromatic heterocycles. The fraction of sp³-hybridized carbons (Fsp3) is 0.357. The molecular weight excluding hydrogens is 276 g/mol. The van der Waals surface area contributed by atoms with Crippen LogP contribution in [0.25, 0.3) is 0 Å². The largest absolute Gasteiger partial charge is 0.480 e. The van der Waals surface area contributed by atoms with Crippen molar-refractivity contribution in [2.24, 2.45) is 0 Å². The highest BCUT2D eigenvalue weighted by molar-refractivity contribution is 5.97. The van der Waals surface area contributed by atoms with E-state index in [1.165, 1.54) is 0 Å². The number of carboxylic acid groups (broad SMARTS) is 2. The van der Waals surface area contributed by atoms with E-state index in [9.17, 15) is 14.4 Å². The summed E-state index contributed by atoms with van der Waals surface area (Å²) in [7, 11) is 0. The highest BCUT2D eigenvalue weighted by Crippen LogP contribution is 2.17. The monoisotopic (exact) mass is 292 g/mol. The Balaban J connectivity index is 2.23. The van der Waals surface area contributed by atoms with Crippen LogP contribution in [-0.4, -0.2) is 52.6 Å². The topological polar surface area (TPSA) is 107 Å². The summed E-state index contributed by atoms with van der Waals surface area (Å²) >= 11 is 0. The van der Waals surface area contributed by atoms with Crippen LogP contribution in [0.4, 0.5) is 0 Å². The SMILES string of the molecule is O=C(O)CN(CC(=O)O)C(=O)c1ccc2c(c1)CNCC2. The third-order valence-corrected chi connectivity index (χ3v) is 3.28. The lowest BCUT2D eigenvalue weighted by Crippen LogP contribution is -2.39. The van der Waals surface area contributed by atoms with Crippen LogP contribution >= 0.6 is 0 Å². The van der Waals surface area contributed by atoms with Crippen molar-refractivity contribution in [1.29, 1.82) is 0 Å². The van der Waals surface area contributed by atoms with Crippen molar-refractivity contribution < 1.29 is 24.6 Å². The fourth-order valence-electron chi connectivity index (χ4n) is 2.32. The van der Waals surface area contributed by atoms with Crippen LogP contribution in [0.15, 0.2) is 18.2 Å². The minimum absolute atomic E-state index is 0.306. The predicted octanol–water partition coefficient (Wildman–Crippen LogP) is -0.0563. The number of rotatable bonds is 5. The number of aliphatic carboxylic acids is 2. The second-order valence-corrected chi connectivity index (χ2v) is 4.86.